The number of hydrogen-bond donors (Lipinski definition) is 3. The molecule has 1 saturated carbocycles. The molecule has 112 valence electrons. The van der Waals surface area contributed by atoms with E-state index in [9.17, 15) is 14.4 Å². The van der Waals surface area contributed by atoms with Crippen LogP contribution in [0, 0.1) is 12.8 Å². The highest BCUT2D eigenvalue weighted by Crippen LogP contribution is 2.36. The van der Waals surface area contributed by atoms with Crippen molar-refractivity contribution in [2.75, 3.05) is 0 Å². The van der Waals surface area contributed by atoms with Gasteiger partial charge in [-0.15, -0.1) is 0 Å². The van der Waals surface area contributed by atoms with E-state index >= 15 is 0 Å². The number of amides is 2. The number of aromatic nitrogens is 1. The summed E-state index contributed by atoms with van der Waals surface area (Å²) in [6.07, 6.45) is 4.77. The van der Waals surface area contributed by atoms with Crippen LogP contribution in [0.15, 0.2) is 17.1 Å². The predicted molar refractivity (Wildman–Crippen MR) is 76.9 cm³/mol. The van der Waals surface area contributed by atoms with Gasteiger partial charge in [0.1, 0.15) is 0 Å². The summed E-state index contributed by atoms with van der Waals surface area (Å²) >= 11 is 0. The lowest BCUT2D eigenvalue weighted by Crippen LogP contribution is -2.56. The summed E-state index contributed by atoms with van der Waals surface area (Å²) in [5.41, 5.74) is 0.907. The highest BCUT2D eigenvalue weighted by molar-refractivity contribution is 5.95. The summed E-state index contributed by atoms with van der Waals surface area (Å²) in [4.78, 5) is 37.6. The molecule has 0 aromatic carbocycles. The van der Waals surface area contributed by atoms with Crippen LogP contribution in [-0.2, 0) is 4.79 Å². The molecule has 1 aliphatic carbocycles. The van der Waals surface area contributed by atoms with Gasteiger partial charge in [0.2, 0.25) is 11.5 Å². The van der Waals surface area contributed by atoms with Crippen LogP contribution in [0.2, 0.25) is 0 Å². The van der Waals surface area contributed by atoms with Crippen LogP contribution < -0.4 is 16.2 Å². The average Bonchev–Trinajstić information content (AvgIpc) is 3.25. The highest BCUT2D eigenvalue weighted by atomic mass is 16.2. The monoisotopic (exact) mass is 289 g/mol. The molecular weight excluding hydrogens is 270 g/mol. The summed E-state index contributed by atoms with van der Waals surface area (Å²) in [6.45, 7) is 1.74. The molecule has 1 aromatic rings. The lowest BCUT2D eigenvalue weighted by atomic mass is 9.94. The number of hydrogen-bond acceptors (Lipinski definition) is 3. The molecule has 3 rings (SSSR count). The minimum Gasteiger partial charge on any atom is -0.351 e. The summed E-state index contributed by atoms with van der Waals surface area (Å²) < 4.78 is 0. The first-order chi connectivity index (χ1) is 10.0. The number of rotatable bonds is 3. The molecule has 1 aliphatic heterocycles. The summed E-state index contributed by atoms with van der Waals surface area (Å²) in [5, 5.41) is 6.01. The molecular formula is C15H19N3O3. The Morgan fingerprint density at radius 2 is 2.05 bits per heavy atom. The first-order valence-electron chi connectivity index (χ1n) is 7.34. The fraction of sp³-hybridized carbons (Fsp3) is 0.533. The van der Waals surface area contributed by atoms with Crippen LogP contribution in [0.25, 0.3) is 0 Å². The van der Waals surface area contributed by atoms with Gasteiger partial charge in [0.25, 0.3) is 5.91 Å². The van der Waals surface area contributed by atoms with Crippen LogP contribution >= 0.6 is 0 Å². The molecule has 6 nitrogen and oxygen atoms in total. The van der Waals surface area contributed by atoms with Gasteiger partial charge < -0.3 is 15.6 Å². The van der Waals surface area contributed by atoms with Gasteiger partial charge in [0, 0.05) is 18.7 Å². The Kier molecular flexibility index (Phi) is 3.53. The van der Waals surface area contributed by atoms with Gasteiger partial charge in [-0.25, -0.2) is 0 Å². The van der Waals surface area contributed by atoms with Crippen LogP contribution in [0.5, 0.6) is 0 Å². The van der Waals surface area contributed by atoms with E-state index in [-0.39, 0.29) is 29.5 Å². The number of piperidine rings is 1. The Bertz CT molecular complexity index is 633. The quantitative estimate of drug-likeness (QED) is 0.755. The third-order valence-electron chi connectivity index (χ3n) is 4.27. The molecule has 1 saturated heterocycles. The van der Waals surface area contributed by atoms with E-state index in [1.165, 1.54) is 12.3 Å². The second-order valence-electron chi connectivity index (χ2n) is 5.94. The molecule has 0 unspecified atom stereocenters. The Balaban J connectivity index is 1.73. The average molecular weight is 289 g/mol. The van der Waals surface area contributed by atoms with Crippen molar-refractivity contribution in [3.63, 3.8) is 0 Å². The number of aryl methyl sites for hydroxylation is 1. The standard InChI is InChI=1S/C15H19N3O3/c1-8-6-13(20)16-7-10(8)15(21)17-11-4-5-12(19)18-14(11)9-2-3-9/h6-7,9,11,14H,2-5H2,1H3,(H,16,20)(H,17,21)(H,18,19)/t11-,14+/m1/s1. The topological polar surface area (TPSA) is 91.1 Å². The Hall–Kier alpha value is -2.11. The maximum atomic E-state index is 12.4. The zero-order valence-corrected chi connectivity index (χ0v) is 11.9. The van der Waals surface area contributed by atoms with Gasteiger partial charge in [-0.3, -0.25) is 14.4 Å². The summed E-state index contributed by atoms with van der Waals surface area (Å²) in [7, 11) is 0. The lowest BCUT2D eigenvalue weighted by molar-refractivity contribution is -0.124. The second kappa shape index (κ2) is 5.35. The van der Waals surface area contributed by atoms with Crippen molar-refractivity contribution >= 4 is 11.8 Å². The molecule has 2 fully saturated rings. The van der Waals surface area contributed by atoms with Gasteiger partial charge in [-0.2, -0.15) is 0 Å². The summed E-state index contributed by atoms with van der Waals surface area (Å²) in [5.74, 6) is 0.351. The normalized spacial score (nSPS) is 25.3. The van der Waals surface area contributed by atoms with Gasteiger partial charge in [0.15, 0.2) is 0 Å². The van der Waals surface area contributed by atoms with Crippen molar-refractivity contribution in [1.29, 1.82) is 0 Å². The number of nitrogens with one attached hydrogen (secondary N) is 3. The molecule has 0 bridgehead atoms. The highest BCUT2D eigenvalue weighted by Gasteiger charge is 2.40. The molecule has 21 heavy (non-hydrogen) atoms. The van der Waals surface area contributed by atoms with E-state index < -0.39 is 0 Å². The molecule has 2 amide bonds. The molecule has 3 N–H and O–H groups in total. The van der Waals surface area contributed by atoms with Crippen molar-refractivity contribution < 1.29 is 9.59 Å². The molecule has 0 radical (unpaired) electrons. The van der Waals surface area contributed by atoms with Crippen LogP contribution in [-0.4, -0.2) is 28.9 Å². The van der Waals surface area contributed by atoms with E-state index in [0.29, 0.717) is 29.9 Å². The predicted octanol–water partition coefficient (Wildman–Crippen LogP) is 0.470. The van der Waals surface area contributed by atoms with E-state index in [4.69, 9.17) is 0 Å². The zero-order chi connectivity index (χ0) is 15.0. The Labute approximate surface area is 122 Å². The van der Waals surface area contributed by atoms with E-state index in [0.717, 1.165) is 12.8 Å². The summed E-state index contributed by atoms with van der Waals surface area (Å²) in [6, 6.07) is 1.42. The number of carbonyl (C=O) groups excluding carboxylic acids is 2. The molecule has 2 atom stereocenters. The fourth-order valence-electron chi connectivity index (χ4n) is 2.95. The number of H-pyrrole nitrogens is 1. The smallest absolute Gasteiger partial charge is 0.253 e. The maximum absolute atomic E-state index is 12.4. The molecule has 2 heterocycles. The Morgan fingerprint density at radius 1 is 1.29 bits per heavy atom. The molecule has 0 spiro atoms. The van der Waals surface area contributed by atoms with Crippen LogP contribution in [0.1, 0.15) is 41.6 Å². The SMILES string of the molecule is Cc1cc(=O)[nH]cc1C(=O)N[C@@H]1CCC(=O)N[C@H]1C1CC1. The van der Waals surface area contributed by atoms with E-state index in [1.807, 2.05) is 0 Å². The number of carbonyl (C=O) groups is 2. The molecule has 2 aliphatic rings. The molecule has 6 heteroatoms. The van der Waals surface area contributed by atoms with E-state index in [2.05, 4.69) is 15.6 Å². The van der Waals surface area contributed by atoms with Crippen molar-refractivity contribution in [1.82, 2.24) is 15.6 Å². The van der Waals surface area contributed by atoms with Crippen molar-refractivity contribution in [3.05, 3.63) is 33.7 Å². The van der Waals surface area contributed by atoms with Gasteiger partial charge in [-0.1, -0.05) is 0 Å². The Morgan fingerprint density at radius 3 is 2.71 bits per heavy atom. The number of pyridine rings is 1. The van der Waals surface area contributed by atoms with Crippen LogP contribution in [0.3, 0.4) is 0 Å². The van der Waals surface area contributed by atoms with Gasteiger partial charge in [0.05, 0.1) is 17.6 Å². The van der Waals surface area contributed by atoms with Gasteiger partial charge >= 0.3 is 0 Å². The zero-order valence-electron chi connectivity index (χ0n) is 11.9. The fourth-order valence-corrected chi connectivity index (χ4v) is 2.95. The largest absolute Gasteiger partial charge is 0.351 e. The van der Waals surface area contributed by atoms with Crippen molar-refractivity contribution in [3.8, 4) is 0 Å². The van der Waals surface area contributed by atoms with Gasteiger partial charge in [-0.05, 0) is 37.7 Å². The number of aromatic amines is 1. The lowest BCUT2D eigenvalue weighted by Gasteiger charge is -2.33. The van der Waals surface area contributed by atoms with E-state index in [1.54, 1.807) is 6.92 Å². The maximum Gasteiger partial charge on any atom is 0.253 e. The second-order valence-corrected chi connectivity index (χ2v) is 5.94. The minimum atomic E-state index is -0.218. The molecule has 1 aromatic heterocycles. The van der Waals surface area contributed by atoms with Crippen molar-refractivity contribution in [2.24, 2.45) is 5.92 Å². The van der Waals surface area contributed by atoms with Crippen molar-refractivity contribution in [2.45, 2.75) is 44.7 Å². The van der Waals surface area contributed by atoms with Crippen LogP contribution in [0.4, 0.5) is 0 Å². The third-order valence-corrected chi connectivity index (χ3v) is 4.27. The first-order valence-corrected chi connectivity index (χ1v) is 7.34. The first kappa shape index (κ1) is 13.9. The minimum absolute atomic E-state index is 0.0333. The third kappa shape index (κ3) is 2.99.